The first-order valence-electron chi connectivity index (χ1n) is 10.1. The van der Waals surface area contributed by atoms with E-state index in [-0.39, 0.29) is 33.2 Å². The molecule has 0 saturated carbocycles. The highest BCUT2D eigenvalue weighted by molar-refractivity contribution is 7.91. The first kappa shape index (κ1) is 22.0. The second-order valence-electron chi connectivity index (χ2n) is 7.65. The van der Waals surface area contributed by atoms with Gasteiger partial charge in [-0.2, -0.15) is 0 Å². The molecule has 5 rings (SSSR count). The van der Waals surface area contributed by atoms with E-state index in [2.05, 4.69) is 4.98 Å². The van der Waals surface area contributed by atoms with Crippen molar-refractivity contribution >= 4 is 43.9 Å². The van der Waals surface area contributed by atoms with Crippen molar-refractivity contribution in [3.8, 4) is 0 Å². The van der Waals surface area contributed by atoms with Crippen LogP contribution >= 0.6 is 11.6 Å². The van der Waals surface area contributed by atoms with Crippen LogP contribution < -0.4 is 15.9 Å². The van der Waals surface area contributed by atoms with Crippen LogP contribution in [0.15, 0.2) is 93.6 Å². The average Bonchev–Trinajstić information content (AvgIpc) is 2.82. The summed E-state index contributed by atoms with van der Waals surface area (Å²) in [7, 11) is -4.11. The topological polar surface area (TPSA) is 98.4 Å². The number of nitrogens with two attached hydrogens (primary N) is 1. The fourth-order valence-electron chi connectivity index (χ4n) is 3.76. The quantitative estimate of drug-likeness (QED) is 0.304. The van der Waals surface area contributed by atoms with Crippen molar-refractivity contribution < 1.29 is 17.4 Å². The Morgan fingerprint density at radius 1 is 1.03 bits per heavy atom. The fourth-order valence-corrected chi connectivity index (χ4v) is 5.30. The molecule has 0 bridgehead atoms. The first-order chi connectivity index (χ1) is 16.3. The van der Waals surface area contributed by atoms with Crippen LogP contribution in [0.5, 0.6) is 0 Å². The van der Waals surface area contributed by atoms with Crippen LogP contribution in [-0.4, -0.2) is 17.8 Å². The van der Waals surface area contributed by atoms with Crippen molar-refractivity contribution in [1.29, 1.82) is 0 Å². The molecule has 2 N–H and O–H groups in total. The summed E-state index contributed by atoms with van der Waals surface area (Å²) in [4.78, 5) is 17.6. The lowest BCUT2D eigenvalue weighted by Gasteiger charge is -2.13. The van der Waals surface area contributed by atoms with E-state index in [9.17, 15) is 17.6 Å². The molecule has 7 nitrogen and oxygen atoms in total. The van der Waals surface area contributed by atoms with Gasteiger partial charge in [-0.25, -0.2) is 17.4 Å². The Balaban J connectivity index is 1.85. The van der Waals surface area contributed by atoms with E-state index < -0.39 is 21.2 Å². The number of sulfone groups is 1. The molecular weight excluding hydrogens is 479 g/mol. The normalized spacial score (nSPS) is 11.8. The minimum Gasteiger partial charge on any atom is -0.317 e. The minimum atomic E-state index is -4.11. The van der Waals surface area contributed by atoms with E-state index in [0.29, 0.717) is 16.2 Å². The minimum absolute atomic E-state index is 0.0230. The van der Waals surface area contributed by atoms with E-state index in [0.717, 1.165) is 0 Å². The van der Waals surface area contributed by atoms with Gasteiger partial charge in [-0.3, -0.25) is 9.20 Å². The van der Waals surface area contributed by atoms with Crippen LogP contribution in [-0.2, 0) is 16.4 Å². The van der Waals surface area contributed by atoms with Crippen LogP contribution in [0.1, 0.15) is 5.56 Å². The van der Waals surface area contributed by atoms with Crippen molar-refractivity contribution in [2.45, 2.75) is 16.3 Å². The zero-order chi connectivity index (χ0) is 24.0. The summed E-state index contributed by atoms with van der Waals surface area (Å²) in [5.74, 6) is -0.507. The number of hydrogen-bond acceptors (Lipinski definition) is 5. The zero-order valence-corrected chi connectivity index (χ0v) is 19.1. The van der Waals surface area contributed by atoms with Gasteiger partial charge < -0.3 is 5.73 Å². The van der Waals surface area contributed by atoms with Gasteiger partial charge in [0.25, 0.3) is 11.2 Å². The summed E-state index contributed by atoms with van der Waals surface area (Å²) in [6.45, 7) is 0.0715. The Morgan fingerprint density at radius 3 is 2.44 bits per heavy atom. The molecule has 0 radical (unpaired) electrons. The lowest BCUT2D eigenvalue weighted by atomic mass is 10.2. The third kappa shape index (κ3) is 3.68. The highest BCUT2D eigenvalue weighted by atomic mass is 35.5. The molecule has 34 heavy (non-hydrogen) atoms. The highest BCUT2D eigenvalue weighted by Crippen LogP contribution is 2.27. The van der Waals surface area contributed by atoms with E-state index in [4.69, 9.17) is 17.3 Å². The van der Waals surface area contributed by atoms with Gasteiger partial charge in [-0.15, -0.1) is 0 Å². The smallest absolute Gasteiger partial charge is 0.278 e. The van der Waals surface area contributed by atoms with E-state index >= 15 is 0 Å². The number of nitrogen functional groups attached to an aromatic ring is 1. The van der Waals surface area contributed by atoms with Gasteiger partial charge >= 0.3 is 0 Å². The molecule has 0 unspecified atom stereocenters. The summed E-state index contributed by atoms with van der Waals surface area (Å²) in [6, 6.07) is 17.7. The molecular formula is C24H17ClFN4O3S+. The lowest BCUT2D eigenvalue weighted by molar-refractivity contribution is -0.651. The molecule has 3 heterocycles. The van der Waals surface area contributed by atoms with Gasteiger partial charge in [-0.05, 0) is 60.2 Å². The maximum atomic E-state index is 13.5. The summed E-state index contributed by atoms with van der Waals surface area (Å²) >= 11 is 5.92. The molecule has 0 aliphatic heterocycles. The summed E-state index contributed by atoms with van der Waals surface area (Å²) in [6.07, 6.45) is 1.55. The summed E-state index contributed by atoms with van der Waals surface area (Å²) < 4.78 is 43.3. The van der Waals surface area contributed by atoms with E-state index in [1.165, 1.54) is 51.4 Å². The van der Waals surface area contributed by atoms with Crippen molar-refractivity contribution in [3.63, 3.8) is 0 Å². The molecule has 0 spiro atoms. The van der Waals surface area contributed by atoms with Crippen molar-refractivity contribution in [2.24, 2.45) is 0 Å². The third-order valence-electron chi connectivity index (χ3n) is 5.49. The molecule has 0 saturated heterocycles. The average molecular weight is 496 g/mol. The third-order valence-corrected chi connectivity index (χ3v) is 7.54. The van der Waals surface area contributed by atoms with Gasteiger partial charge in [0.05, 0.1) is 11.4 Å². The number of benzene rings is 2. The van der Waals surface area contributed by atoms with Crippen LogP contribution in [0.4, 0.5) is 10.2 Å². The monoisotopic (exact) mass is 495 g/mol. The fraction of sp³-hybridized carbons (Fsp3) is 0.0417. The maximum Gasteiger partial charge on any atom is 0.278 e. The Hall–Kier alpha value is -3.82. The number of aromatic nitrogens is 3. The number of nitrogens with zero attached hydrogens (tertiary/aromatic N) is 3. The molecule has 0 aliphatic rings. The van der Waals surface area contributed by atoms with E-state index in [1.807, 2.05) is 0 Å². The SMILES string of the molecule is Nc1c(S(=O)(=O)c2ccc(Cl)cc2)cc2c(=O)n3ccccc3nc2[n+]1Cc1ccc(F)cc1. The van der Waals surface area contributed by atoms with Crippen LogP contribution in [0.25, 0.3) is 16.7 Å². The number of fused-ring (bicyclic) bond motifs is 2. The molecule has 5 aromatic rings. The van der Waals surface area contributed by atoms with Crippen molar-refractivity contribution in [2.75, 3.05) is 5.73 Å². The van der Waals surface area contributed by atoms with Crippen LogP contribution in [0.3, 0.4) is 0 Å². The number of rotatable bonds is 4. The summed E-state index contributed by atoms with van der Waals surface area (Å²) in [5, 5.41) is 0.457. The molecule has 3 aromatic heterocycles. The molecule has 0 fully saturated rings. The number of pyridine rings is 2. The Labute approximate surface area is 198 Å². The second-order valence-corrected chi connectivity index (χ2v) is 10.0. The van der Waals surface area contributed by atoms with Crippen molar-refractivity contribution in [3.05, 3.63) is 106 Å². The predicted molar refractivity (Wildman–Crippen MR) is 126 cm³/mol. The Kier molecular flexibility index (Phi) is 5.30. The van der Waals surface area contributed by atoms with Gasteiger partial charge in [0.15, 0.2) is 0 Å². The lowest BCUT2D eigenvalue weighted by Crippen LogP contribution is -2.42. The van der Waals surface area contributed by atoms with Crippen LogP contribution in [0, 0.1) is 5.82 Å². The Bertz CT molecular complexity index is 1740. The standard InChI is InChI=1S/C24H16ClFN4O3S/c25-16-6-10-18(11-7-16)34(32,33)20-13-19-23(28-21-3-1-2-12-29(21)24(19)31)30(22(20)27)14-15-4-8-17(26)9-5-15/h1-13,27H,14H2/p+1. The summed E-state index contributed by atoms with van der Waals surface area (Å²) in [5.41, 5.74) is 7.21. The van der Waals surface area contributed by atoms with E-state index in [1.54, 1.807) is 36.5 Å². The number of halogens is 2. The molecule has 170 valence electrons. The van der Waals surface area contributed by atoms with Crippen LogP contribution in [0.2, 0.25) is 5.02 Å². The van der Waals surface area contributed by atoms with Crippen molar-refractivity contribution in [1.82, 2.24) is 9.38 Å². The Morgan fingerprint density at radius 2 is 1.74 bits per heavy atom. The first-order valence-corrected chi connectivity index (χ1v) is 12.0. The second kappa shape index (κ2) is 8.19. The number of anilines is 1. The highest BCUT2D eigenvalue weighted by Gasteiger charge is 2.29. The zero-order valence-electron chi connectivity index (χ0n) is 17.5. The molecule has 10 heteroatoms. The predicted octanol–water partition coefficient (Wildman–Crippen LogP) is 3.39. The molecule has 0 atom stereocenters. The van der Waals surface area contributed by atoms with Gasteiger partial charge in [0.2, 0.25) is 21.3 Å². The molecule has 0 aliphatic carbocycles. The van der Waals surface area contributed by atoms with Gasteiger partial charge in [0.1, 0.15) is 16.1 Å². The maximum absolute atomic E-state index is 13.5. The van der Waals surface area contributed by atoms with Gasteiger partial charge in [-0.1, -0.05) is 34.8 Å². The van der Waals surface area contributed by atoms with Gasteiger partial charge in [0, 0.05) is 11.2 Å². The molecule has 2 aromatic carbocycles. The largest absolute Gasteiger partial charge is 0.317 e. The molecule has 0 amide bonds. The number of hydrogen-bond donors (Lipinski definition) is 1.